The lowest BCUT2D eigenvalue weighted by Crippen LogP contribution is -2.44. The second-order valence-electron chi connectivity index (χ2n) is 9.20. The first kappa shape index (κ1) is 25.3. The number of halogens is 2. The standard InChI is InChI=1S/C27H27Cl2NO5/c1-2-9-27-10-8-18(31)13-19(27)23-17(14-27)12-21(24(28)25(23)29)35-15-22(32)30-20(26(33)34)11-16-6-4-3-5-7-16/h3-7,12-13,20H,2,8-11,14-15H2,1H3,(H,30,32)(H,33,34)/t20-,27+/m0/s1. The topological polar surface area (TPSA) is 92.7 Å². The molecule has 2 atom stereocenters. The number of ether oxygens (including phenoxy) is 1. The summed E-state index contributed by atoms with van der Waals surface area (Å²) in [4.78, 5) is 36.3. The van der Waals surface area contributed by atoms with Gasteiger partial charge >= 0.3 is 5.97 Å². The van der Waals surface area contributed by atoms with Gasteiger partial charge in [0.15, 0.2) is 12.4 Å². The van der Waals surface area contributed by atoms with E-state index in [-0.39, 0.29) is 28.4 Å². The smallest absolute Gasteiger partial charge is 0.326 e. The number of carbonyl (C=O) groups excluding carboxylic acids is 2. The molecule has 184 valence electrons. The molecule has 0 heterocycles. The van der Waals surface area contributed by atoms with Gasteiger partial charge < -0.3 is 15.2 Å². The highest BCUT2D eigenvalue weighted by molar-refractivity contribution is 6.44. The van der Waals surface area contributed by atoms with Crippen LogP contribution in [0, 0.1) is 5.41 Å². The number of nitrogens with one attached hydrogen (secondary N) is 1. The summed E-state index contributed by atoms with van der Waals surface area (Å²) < 4.78 is 5.70. The van der Waals surface area contributed by atoms with Gasteiger partial charge in [-0.1, -0.05) is 66.9 Å². The zero-order chi connectivity index (χ0) is 25.2. The van der Waals surface area contributed by atoms with Gasteiger partial charge in [-0.25, -0.2) is 4.79 Å². The number of amides is 1. The molecule has 0 unspecified atom stereocenters. The van der Waals surface area contributed by atoms with Crippen LogP contribution in [0.2, 0.25) is 10.0 Å². The van der Waals surface area contributed by atoms with Gasteiger partial charge in [0, 0.05) is 23.8 Å². The van der Waals surface area contributed by atoms with Crippen molar-refractivity contribution < 1.29 is 24.2 Å². The Bertz CT molecular complexity index is 1190. The van der Waals surface area contributed by atoms with Gasteiger partial charge in [0.2, 0.25) is 0 Å². The van der Waals surface area contributed by atoms with Gasteiger partial charge in [0.1, 0.15) is 16.8 Å². The molecule has 8 heteroatoms. The summed E-state index contributed by atoms with van der Waals surface area (Å²) in [6.45, 7) is 1.71. The van der Waals surface area contributed by atoms with Crippen molar-refractivity contribution in [2.75, 3.05) is 6.61 Å². The fraction of sp³-hybridized carbons (Fsp3) is 0.370. The van der Waals surface area contributed by atoms with E-state index in [2.05, 4.69) is 12.2 Å². The van der Waals surface area contributed by atoms with Gasteiger partial charge in [-0.2, -0.15) is 0 Å². The SMILES string of the molecule is CCC[C@]12CCC(=O)C=C1c1c(cc(OCC(=O)N[C@@H](Cc3ccccc3)C(=O)O)c(Cl)c1Cl)C2. The number of carboxylic acid groups (broad SMARTS) is 1. The van der Waals surface area contributed by atoms with E-state index in [4.69, 9.17) is 27.9 Å². The molecule has 0 saturated heterocycles. The van der Waals surface area contributed by atoms with Gasteiger partial charge in [0.25, 0.3) is 5.91 Å². The number of allylic oxidation sites excluding steroid dienone is 2. The number of aliphatic carboxylic acids is 1. The second kappa shape index (κ2) is 10.4. The molecular formula is C27H27Cl2NO5. The lowest BCUT2D eigenvalue weighted by atomic mass is 9.70. The van der Waals surface area contributed by atoms with Gasteiger partial charge in [-0.15, -0.1) is 0 Å². The maximum atomic E-state index is 12.5. The predicted molar refractivity (Wildman–Crippen MR) is 135 cm³/mol. The highest BCUT2D eigenvalue weighted by atomic mass is 35.5. The molecule has 2 aromatic carbocycles. The van der Waals surface area contributed by atoms with Crippen LogP contribution in [0.25, 0.3) is 5.57 Å². The summed E-state index contributed by atoms with van der Waals surface area (Å²) in [5, 5.41) is 12.5. The average Bonchev–Trinajstić information content (AvgIpc) is 3.14. The summed E-state index contributed by atoms with van der Waals surface area (Å²) in [6.07, 6.45) is 5.78. The van der Waals surface area contributed by atoms with Gasteiger partial charge in [-0.05, 0) is 48.1 Å². The highest BCUT2D eigenvalue weighted by Crippen LogP contribution is 2.58. The summed E-state index contributed by atoms with van der Waals surface area (Å²) in [5.74, 6) is -1.36. The van der Waals surface area contributed by atoms with Crippen LogP contribution >= 0.6 is 23.2 Å². The lowest BCUT2D eigenvalue weighted by molar-refractivity contribution is -0.142. The Balaban J connectivity index is 1.50. The van der Waals surface area contributed by atoms with Crippen molar-refractivity contribution in [1.29, 1.82) is 0 Å². The molecule has 0 radical (unpaired) electrons. The van der Waals surface area contributed by atoms with Crippen LogP contribution in [0.5, 0.6) is 5.75 Å². The fourth-order valence-corrected chi connectivity index (χ4v) is 5.73. The van der Waals surface area contributed by atoms with Crippen LogP contribution in [0.1, 0.15) is 49.3 Å². The van der Waals surface area contributed by atoms with Crippen LogP contribution in [0.4, 0.5) is 0 Å². The summed E-state index contributed by atoms with van der Waals surface area (Å²) in [5.41, 5.74) is 3.34. The Kier molecular flexibility index (Phi) is 7.53. The molecule has 2 aliphatic rings. The summed E-state index contributed by atoms with van der Waals surface area (Å²) in [6, 6.07) is 9.76. The number of hydrogen-bond acceptors (Lipinski definition) is 4. The molecule has 0 aromatic heterocycles. The Labute approximate surface area is 214 Å². The van der Waals surface area contributed by atoms with Crippen molar-refractivity contribution in [3.05, 3.63) is 69.2 Å². The minimum atomic E-state index is -1.13. The number of ketones is 1. The Morgan fingerprint density at radius 1 is 1.20 bits per heavy atom. The van der Waals surface area contributed by atoms with Crippen LogP contribution in [-0.4, -0.2) is 35.4 Å². The maximum Gasteiger partial charge on any atom is 0.326 e. The molecule has 0 aliphatic heterocycles. The number of fused-ring (bicyclic) bond motifs is 3. The minimum Gasteiger partial charge on any atom is -0.482 e. The number of benzene rings is 2. The molecule has 2 N–H and O–H groups in total. The summed E-state index contributed by atoms with van der Waals surface area (Å²) in [7, 11) is 0. The number of carboxylic acids is 1. The van der Waals surface area contributed by atoms with Gasteiger partial charge in [-0.3, -0.25) is 9.59 Å². The van der Waals surface area contributed by atoms with Crippen molar-refractivity contribution in [2.45, 2.75) is 51.5 Å². The van der Waals surface area contributed by atoms with Crippen molar-refractivity contribution in [3.8, 4) is 5.75 Å². The van der Waals surface area contributed by atoms with E-state index in [1.54, 1.807) is 24.3 Å². The molecule has 6 nitrogen and oxygen atoms in total. The number of rotatable bonds is 9. The first-order chi connectivity index (χ1) is 16.7. The van der Waals surface area contributed by atoms with E-state index in [0.29, 0.717) is 11.4 Å². The van der Waals surface area contributed by atoms with Crippen LogP contribution in [0.15, 0.2) is 42.5 Å². The van der Waals surface area contributed by atoms with E-state index >= 15 is 0 Å². The van der Waals surface area contributed by atoms with Crippen molar-refractivity contribution >= 4 is 46.4 Å². The minimum absolute atomic E-state index is 0.0900. The molecule has 0 bridgehead atoms. The molecule has 1 amide bonds. The molecule has 0 saturated carbocycles. The van der Waals surface area contributed by atoms with E-state index in [1.807, 2.05) is 18.2 Å². The van der Waals surface area contributed by atoms with Gasteiger partial charge in [0.05, 0.1) is 5.02 Å². The second-order valence-corrected chi connectivity index (χ2v) is 9.96. The molecule has 4 rings (SSSR count). The average molecular weight is 516 g/mol. The van der Waals surface area contributed by atoms with Crippen LogP contribution < -0.4 is 10.1 Å². The third-order valence-corrected chi connectivity index (χ3v) is 7.63. The zero-order valence-corrected chi connectivity index (χ0v) is 20.9. The van der Waals surface area contributed by atoms with Crippen LogP contribution in [0.3, 0.4) is 0 Å². The van der Waals surface area contributed by atoms with E-state index in [1.165, 1.54) is 0 Å². The molecular weight excluding hydrogens is 489 g/mol. The number of carbonyl (C=O) groups is 3. The van der Waals surface area contributed by atoms with Crippen LogP contribution in [-0.2, 0) is 27.2 Å². The largest absolute Gasteiger partial charge is 0.482 e. The maximum absolute atomic E-state index is 12.5. The molecule has 0 fully saturated rings. The Morgan fingerprint density at radius 3 is 2.63 bits per heavy atom. The quantitative estimate of drug-likeness (QED) is 0.474. The first-order valence-electron chi connectivity index (χ1n) is 11.7. The third kappa shape index (κ3) is 5.24. The fourth-order valence-electron chi connectivity index (χ4n) is 5.21. The number of hydrogen-bond donors (Lipinski definition) is 2. The normalized spacial score (nSPS) is 19.4. The zero-order valence-electron chi connectivity index (χ0n) is 19.4. The first-order valence-corrected chi connectivity index (χ1v) is 12.4. The molecule has 2 aliphatic carbocycles. The van der Waals surface area contributed by atoms with Crippen molar-refractivity contribution in [2.24, 2.45) is 5.41 Å². The third-order valence-electron chi connectivity index (χ3n) is 6.78. The van der Waals surface area contributed by atoms with E-state index in [9.17, 15) is 19.5 Å². The van der Waals surface area contributed by atoms with E-state index in [0.717, 1.165) is 47.9 Å². The van der Waals surface area contributed by atoms with Crippen molar-refractivity contribution in [3.63, 3.8) is 0 Å². The van der Waals surface area contributed by atoms with Crippen molar-refractivity contribution in [1.82, 2.24) is 5.32 Å². The monoisotopic (exact) mass is 515 g/mol. The van der Waals surface area contributed by atoms with E-state index < -0.39 is 24.5 Å². The summed E-state index contributed by atoms with van der Waals surface area (Å²) >= 11 is 13.2. The Morgan fingerprint density at radius 2 is 1.94 bits per heavy atom. The lowest BCUT2D eigenvalue weighted by Gasteiger charge is -2.33. The molecule has 35 heavy (non-hydrogen) atoms. The Hall–Kier alpha value is -2.83. The predicted octanol–water partition coefficient (Wildman–Crippen LogP) is 5.27. The molecule has 0 spiro atoms. The highest BCUT2D eigenvalue weighted by Gasteiger charge is 2.45. The molecule has 2 aromatic rings.